The van der Waals surface area contributed by atoms with E-state index in [1.807, 2.05) is 45.3 Å². The van der Waals surface area contributed by atoms with Crippen molar-refractivity contribution in [3.63, 3.8) is 0 Å². The second kappa shape index (κ2) is 9.06. The van der Waals surface area contributed by atoms with E-state index in [1.54, 1.807) is 11.3 Å². The van der Waals surface area contributed by atoms with E-state index in [0.29, 0.717) is 6.61 Å². The molecule has 0 saturated heterocycles. The van der Waals surface area contributed by atoms with Gasteiger partial charge in [0.25, 0.3) is 0 Å². The lowest BCUT2D eigenvalue weighted by Gasteiger charge is -2.39. The van der Waals surface area contributed by atoms with Gasteiger partial charge in [0.2, 0.25) is 0 Å². The third-order valence-corrected chi connectivity index (χ3v) is 6.41. The average Bonchev–Trinajstić information content (AvgIpc) is 3.02. The molecule has 0 aliphatic carbocycles. The molecule has 6 heteroatoms. The number of nitrogens with zero attached hydrogens (tertiary/aromatic N) is 1. The van der Waals surface area contributed by atoms with E-state index in [-0.39, 0.29) is 17.1 Å². The van der Waals surface area contributed by atoms with E-state index in [2.05, 4.69) is 57.1 Å². The number of thiazole rings is 1. The second-order valence-corrected chi connectivity index (χ2v) is 11.0. The highest BCUT2D eigenvalue weighted by Crippen LogP contribution is 2.34. The van der Waals surface area contributed by atoms with Crippen LogP contribution >= 0.6 is 11.3 Å². The SMILES string of the molecule is Cc1ncsc1-c1ccc([C@H](COC(C)(C)C(C)(C)C)NC(=O)OC(C)(C)C)cc1. The highest BCUT2D eigenvalue weighted by Gasteiger charge is 2.35. The van der Waals surface area contributed by atoms with Crippen LogP contribution in [0.2, 0.25) is 0 Å². The monoisotopic (exact) mass is 432 g/mol. The van der Waals surface area contributed by atoms with E-state index in [0.717, 1.165) is 21.7 Å². The number of alkyl carbamates (subject to hydrolysis) is 1. The lowest BCUT2D eigenvalue weighted by Crippen LogP contribution is -2.43. The van der Waals surface area contributed by atoms with Gasteiger partial charge in [-0.1, -0.05) is 45.0 Å². The Hall–Kier alpha value is -1.92. The summed E-state index contributed by atoms with van der Waals surface area (Å²) in [4.78, 5) is 18.0. The van der Waals surface area contributed by atoms with Crippen molar-refractivity contribution in [2.75, 3.05) is 6.61 Å². The first-order valence-corrected chi connectivity index (χ1v) is 11.2. The van der Waals surface area contributed by atoms with E-state index < -0.39 is 11.7 Å². The number of nitrogens with one attached hydrogen (secondary N) is 1. The molecule has 1 aromatic carbocycles. The summed E-state index contributed by atoms with van der Waals surface area (Å²) in [5.41, 5.74) is 3.99. The molecule has 0 aliphatic heterocycles. The Balaban J connectivity index is 2.24. The van der Waals surface area contributed by atoms with Crippen molar-refractivity contribution < 1.29 is 14.3 Å². The molecule has 5 nitrogen and oxygen atoms in total. The van der Waals surface area contributed by atoms with Crippen LogP contribution in [0, 0.1) is 12.3 Å². The first-order valence-electron chi connectivity index (χ1n) is 10.3. The molecular weight excluding hydrogens is 396 g/mol. The lowest BCUT2D eigenvalue weighted by atomic mass is 9.79. The summed E-state index contributed by atoms with van der Waals surface area (Å²) in [6, 6.07) is 7.87. The van der Waals surface area contributed by atoms with Gasteiger partial charge in [0.15, 0.2) is 0 Å². The number of ether oxygens (including phenoxy) is 2. The minimum Gasteiger partial charge on any atom is -0.444 e. The molecule has 1 N–H and O–H groups in total. The maximum Gasteiger partial charge on any atom is 0.408 e. The highest BCUT2D eigenvalue weighted by atomic mass is 32.1. The predicted molar refractivity (Wildman–Crippen MR) is 124 cm³/mol. The van der Waals surface area contributed by atoms with Gasteiger partial charge < -0.3 is 14.8 Å². The minimum atomic E-state index is -0.562. The molecule has 0 fully saturated rings. The van der Waals surface area contributed by atoms with Crippen molar-refractivity contribution in [2.24, 2.45) is 5.41 Å². The zero-order valence-corrected chi connectivity index (χ0v) is 20.6. The van der Waals surface area contributed by atoms with Crippen molar-refractivity contribution >= 4 is 17.4 Å². The molecular formula is C24H36N2O3S. The number of aromatic nitrogens is 1. The second-order valence-electron chi connectivity index (χ2n) is 10.2. The Morgan fingerprint density at radius 2 is 1.67 bits per heavy atom. The summed E-state index contributed by atoms with van der Waals surface area (Å²) in [5.74, 6) is 0. The molecule has 1 atom stereocenters. The van der Waals surface area contributed by atoms with E-state index in [4.69, 9.17) is 9.47 Å². The van der Waals surface area contributed by atoms with Crippen molar-refractivity contribution in [2.45, 2.75) is 79.6 Å². The molecule has 1 amide bonds. The van der Waals surface area contributed by atoms with Crippen LogP contribution in [0.25, 0.3) is 10.4 Å². The van der Waals surface area contributed by atoms with Crippen molar-refractivity contribution in [1.82, 2.24) is 10.3 Å². The summed E-state index contributed by atoms with van der Waals surface area (Å²) in [7, 11) is 0. The van der Waals surface area contributed by atoms with Gasteiger partial charge in [0.05, 0.1) is 34.3 Å². The summed E-state index contributed by atoms with van der Waals surface area (Å²) in [5, 5.41) is 2.98. The van der Waals surface area contributed by atoms with Gasteiger partial charge in [-0.2, -0.15) is 0 Å². The average molecular weight is 433 g/mol. The summed E-state index contributed by atoms with van der Waals surface area (Å²) in [6.07, 6.45) is -0.452. The molecule has 1 aromatic heterocycles. The molecule has 1 heterocycles. The molecule has 0 spiro atoms. The van der Waals surface area contributed by atoms with Gasteiger partial charge in [-0.05, 0) is 58.1 Å². The molecule has 0 unspecified atom stereocenters. The first-order chi connectivity index (χ1) is 13.7. The number of rotatable bonds is 6. The summed E-state index contributed by atoms with van der Waals surface area (Å²) >= 11 is 1.62. The number of hydrogen-bond acceptors (Lipinski definition) is 5. The largest absolute Gasteiger partial charge is 0.444 e. The number of hydrogen-bond donors (Lipinski definition) is 1. The fraction of sp³-hybridized carbons (Fsp3) is 0.583. The fourth-order valence-electron chi connectivity index (χ4n) is 2.62. The molecule has 2 rings (SSSR count). The molecule has 166 valence electrons. The zero-order chi connectivity index (χ0) is 22.7. The smallest absolute Gasteiger partial charge is 0.408 e. The topological polar surface area (TPSA) is 60.5 Å². The van der Waals surface area contributed by atoms with Crippen LogP contribution < -0.4 is 5.32 Å². The van der Waals surface area contributed by atoms with Gasteiger partial charge in [0.1, 0.15) is 5.60 Å². The standard InChI is InChI=1S/C24H36N2O3S/c1-16-20(30-15-25-16)18-12-10-17(11-13-18)19(26-21(27)29-23(5,6)7)14-28-24(8,9)22(2,3)4/h10-13,15,19H,14H2,1-9H3,(H,26,27)/t19-/m0/s1. The van der Waals surface area contributed by atoms with Gasteiger partial charge in [0, 0.05) is 0 Å². The third-order valence-electron chi connectivity index (χ3n) is 5.43. The maximum absolute atomic E-state index is 12.5. The van der Waals surface area contributed by atoms with Crippen LogP contribution in [0.4, 0.5) is 4.79 Å². The normalized spacial score (nSPS) is 13.8. The van der Waals surface area contributed by atoms with E-state index >= 15 is 0 Å². The van der Waals surface area contributed by atoms with Crippen LogP contribution in [0.5, 0.6) is 0 Å². The van der Waals surface area contributed by atoms with Gasteiger partial charge in [-0.15, -0.1) is 11.3 Å². The van der Waals surface area contributed by atoms with Crippen LogP contribution in [-0.4, -0.2) is 28.9 Å². The number of amides is 1. The summed E-state index contributed by atoms with van der Waals surface area (Å²) < 4.78 is 11.8. The molecule has 2 aromatic rings. The van der Waals surface area contributed by atoms with Crippen LogP contribution in [0.1, 0.15) is 72.7 Å². The fourth-order valence-corrected chi connectivity index (χ4v) is 3.44. The quantitative estimate of drug-likeness (QED) is 0.564. The minimum absolute atomic E-state index is 0.0446. The molecule has 0 saturated carbocycles. The van der Waals surface area contributed by atoms with Crippen molar-refractivity contribution in [3.8, 4) is 10.4 Å². The predicted octanol–water partition coefficient (Wildman–Crippen LogP) is 6.53. The number of carbonyl (C=O) groups excluding carboxylic acids is 1. The maximum atomic E-state index is 12.5. The van der Waals surface area contributed by atoms with Crippen LogP contribution in [0.15, 0.2) is 29.8 Å². The van der Waals surface area contributed by atoms with Gasteiger partial charge in [-0.25, -0.2) is 9.78 Å². The van der Waals surface area contributed by atoms with E-state index in [9.17, 15) is 4.79 Å². The Labute approximate surface area is 185 Å². The Kier molecular flexibility index (Phi) is 7.36. The third kappa shape index (κ3) is 6.54. The van der Waals surface area contributed by atoms with Crippen molar-refractivity contribution in [1.29, 1.82) is 0 Å². The first kappa shape index (κ1) is 24.4. The number of benzene rings is 1. The lowest BCUT2D eigenvalue weighted by molar-refractivity contribution is -0.0972. The molecule has 0 radical (unpaired) electrons. The van der Waals surface area contributed by atoms with Gasteiger partial charge >= 0.3 is 6.09 Å². The van der Waals surface area contributed by atoms with Crippen LogP contribution in [0.3, 0.4) is 0 Å². The highest BCUT2D eigenvalue weighted by molar-refractivity contribution is 7.13. The number of carbonyl (C=O) groups is 1. The molecule has 0 aliphatic rings. The molecule has 0 bridgehead atoms. The number of aryl methyl sites for hydroxylation is 1. The van der Waals surface area contributed by atoms with Crippen molar-refractivity contribution in [3.05, 3.63) is 41.0 Å². The molecule has 30 heavy (non-hydrogen) atoms. The Bertz CT molecular complexity index is 843. The van der Waals surface area contributed by atoms with E-state index in [1.165, 1.54) is 0 Å². The summed E-state index contributed by atoms with van der Waals surface area (Å²) in [6.45, 7) is 18.5. The van der Waals surface area contributed by atoms with Crippen LogP contribution in [-0.2, 0) is 9.47 Å². The Morgan fingerprint density at radius 3 is 2.13 bits per heavy atom. The van der Waals surface area contributed by atoms with Gasteiger partial charge in [-0.3, -0.25) is 0 Å². The zero-order valence-electron chi connectivity index (χ0n) is 19.8. The Morgan fingerprint density at radius 1 is 1.07 bits per heavy atom.